The summed E-state index contributed by atoms with van der Waals surface area (Å²) in [5, 5.41) is 8.82. The lowest BCUT2D eigenvalue weighted by atomic mass is 9.94. The first kappa shape index (κ1) is 12.2. The predicted octanol–water partition coefficient (Wildman–Crippen LogP) is 1.53. The van der Waals surface area contributed by atoms with E-state index in [1.165, 1.54) is 19.3 Å². The van der Waals surface area contributed by atoms with E-state index >= 15 is 0 Å². The van der Waals surface area contributed by atoms with Crippen molar-refractivity contribution < 1.29 is 14.7 Å². The normalized spacial score (nSPS) is 26.6. The topological polar surface area (TPSA) is 60.9 Å². The zero-order valence-corrected chi connectivity index (χ0v) is 10.3. The van der Waals surface area contributed by atoms with Crippen molar-refractivity contribution in [2.45, 2.75) is 50.6 Å². The van der Waals surface area contributed by atoms with E-state index in [1.807, 2.05) is 4.90 Å². The Bertz CT molecular complexity index is 313. The minimum atomic E-state index is -0.833. The molecule has 1 saturated heterocycles. The maximum absolute atomic E-state index is 12.1. The van der Waals surface area contributed by atoms with Gasteiger partial charge in [-0.1, -0.05) is 19.3 Å². The van der Waals surface area contributed by atoms with Crippen LogP contribution in [-0.4, -0.2) is 52.6 Å². The van der Waals surface area contributed by atoms with Crippen molar-refractivity contribution in [1.29, 1.82) is 0 Å². The summed E-state index contributed by atoms with van der Waals surface area (Å²) in [6, 6.07) is 0.169. The highest BCUT2D eigenvalue weighted by Gasteiger charge is 2.39. The number of nitrogens with zero attached hydrogens (tertiary/aromatic N) is 2. The fraction of sp³-hybridized carbons (Fsp3) is 0.833. The van der Waals surface area contributed by atoms with E-state index in [2.05, 4.69) is 0 Å². The molecule has 0 spiro atoms. The number of carboxylic acid groups (broad SMARTS) is 1. The van der Waals surface area contributed by atoms with E-state index in [0.717, 1.165) is 12.8 Å². The molecule has 0 bridgehead atoms. The van der Waals surface area contributed by atoms with Crippen molar-refractivity contribution in [3.8, 4) is 0 Å². The summed E-state index contributed by atoms with van der Waals surface area (Å²) in [7, 11) is 1.71. The first-order chi connectivity index (χ1) is 8.09. The molecule has 1 unspecified atom stereocenters. The summed E-state index contributed by atoms with van der Waals surface area (Å²) in [5.41, 5.74) is 0. The number of carboxylic acids is 1. The molecule has 1 aliphatic carbocycles. The van der Waals surface area contributed by atoms with Crippen LogP contribution in [0.1, 0.15) is 38.5 Å². The number of likely N-dealkylation sites (N-methyl/N-ethyl adjacent to an activating group) is 1. The van der Waals surface area contributed by atoms with E-state index in [0.29, 0.717) is 12.6 Å². The molecular formula is C12H20N2O3. The number of carbonyl (C=O) groups is 2. The van der Waals surface area contributed by atoms with Crippen molar-refractivity contribution in [3.05, 3.63) is 0 Å². The van der Waals surface area contributed by atoms with Crippen molar-refractivity contribution in [1.82, 2.24) is 9.80 Å². The summed E-state index contributed by atoms with van der Waals surface area (Å²) in [4.78, 5) is 26.3. The van der Waals surface area contributed by atoms with Gasteiger partial charge in [0, 0.05) is 19.6 Å². The Labute approximate surface area is 101 Å². The van der Waals surface area contributed by atoms with Crippen LogP contribution in [0.2, 0.25) is 0 Å². The average molecular weight is 240 g/mol. The van der Waals surface area contributed by atoms with Gasteiger partial charge in [0.1, 0.15) is 0 Å². The number of aliphatic carboxylic acids is 1. The Balaban J connectivity index is 1.99. The molecule has 2 amide bonds. The van der Waals surface area contributed by atoms with Crippen LogP contribution in [-0.2, 0) is 4.79 Å². The quantitative estimate of drug-likeness (QED) is 0.813. The smallest absolute Gasteiger partial charge is 0.320 e. The third kappa shape index (κ3) is 2.53. The molecule has 2 aliphatic rings. The number of hydrogen-bond donors (Lipinski definition) is 1. The van der Waals surface area contributed by atoms with Crippen LogP contribution in [0.25, 0.3) is 0 Å². The van der Waals surface area contributed by atoms with Gasteiger partial charge >= 0.3 is 12.0 Å². The lowest BCUT2D eigenvalue weighted by Gasteiger charge is -2.30. The second-order valence-corrected chi connectivity index (χ2v) is 5.09. The number of rotatable bonds is 3. The minimum absolute atomic E-state index is 0.00292. The van der Waals surface area contributed by atoms with Crippen molar-refractivity contribution in [3.63, 3.8) is 0 Å². The lowest BCUT2D eigenvalue weighted by molar-refractivity contribution is -0.137. The first-order valence-electron chi connectivity index (χ1n) is 6.35. The second-order valence-electron chi connectivity index (χ2n) is 5.09. The highest BCUT2D eigenvalue weighted by molar-refractivity contribution is 5.79. The van der Waals surface area contributed by atoms with Gasteiger partial charge in [0.25, 0.3) is 0 Å². The zero-order chi connectivity index (χ0) is 12.4. The molecule has 0 aromatic rings. The number of carbonyl (C=O) groups excluding carboxylic acids is 1. The molecule has 5 nitrogen and oxygen atoms in total. The van der Waals surface area contributed by atoms with E-state index < -0.39 is 5.97 Å². The van der Waals surface area contributed by atoms with Crippen LogP contribution in [0.3, 0.4) is 0 Å². The van der Waals surface area contributed by atoms with Gasteiger partial charge in [-0.15, -0.1) is 0 Å². The standard InChI is InChI=1S/C12H20N2O3/c1-13-10(7-11(15)16)8-14(12(13)17)9-5-3-2-4-6-9/h9-10H,2-8H2,1H3,(H,15,16). The molecule has 0 radical (unpaired) electrons. The van der Waals surface area contributed by atoms with E-state index in [9.17, 15) is 9.59 Å². The van der Waals surface area contributed by atoms with Crippen molar-refractivity contribution in [2.24, 2.45) is 0 Å². The Morgan fingerprint density at radius 1 is 1.35 bits per heavy atom. The molecule has 2 fully saturated rings. The number of amides is 2. The maximum Gasteiger partial charge on any atom is 0.320 e. The van der Waals surface area contributed by atoms with Gasteiger partial charge in [0.15, 0.2) is 0 Å². The monoisotopic (exact) mass is 240 g/mol. The summed E-state index contributed by atoms with van der Waals surface area (Å²) in [5.74, 6) is -0.833. The molecule has 0 aromatic heterocycles. The fourth-order valence-corrected chi connectivity index (χ4v) is 2.89. The van der Waals surface area contributed by atoms with Gasteiger partial charge in [0.05, 0.1) is 12.5 Å². The Morgan fingerprint density at radius 2 is 2.00 bits per heavy atom. The summed E-state index contributed by atoms with van der Waals surface area (Å²) >= 11 is 0. The van der Waals surface area contributed by atoms with Gasteiger partial charge in [0.2, 0.25) is 0 Å². The lowest BCUT2D eigenvalue weighted by Crippen LogP contribution is -2.39. The molecule has 1 heterocycles. The largest absolute Gasteiger partial charge is 0.481 e. The molecule has 1 saturated carbocycles. The Kier molecular flexibility index (Phi) is 3.54. The predicted molar refractivity (Wildman–Crippen MR) is 62.8 cm³/mol. The highest BCUT2D eigenvalue weighted by atomic mass is 16.4. The molecule has 17 heavy (non-hydrogen) atoms. The molecule has 0 aromatic carbocycles. The van der Waals surface area contributed by atoms with E-state index in [4.69, 9.17) is 5.11 Å². The van der Waals surface area contributed by atoms with Crippen LogP contribution < -0.4 is 0 Å². The highest BCUT2D eigenvalue weighted by Crippen LogP contribution is 2.27. The molecule has 96 valence electrons. The molecule has 1 atom stereocenters. The summed E-state index contributed by atoms with van der Waals surface area (Å²) < 4.78 is 0. The van der Waals surface area contributed by atoms with Crippen molar-refractivity contribution >= 4 is 12.0 Å². The number of hydrogen-bond acceptors (Lipinski definition) is 2. The maximum atomic E-state index is 12.1. The second kappa shape index (κ2) is 4.94. The Morgan fingerprint density at radius 3 is 2.59 bits per heavy atom. The van der Waals surface area contributed by atoms with Crippen molar-refractivity contribution in [2.75, 3.05) is 13.6 Å². The number of urea groups is 1. The van der Waals surface area contributed by atoms with E-state index in [-0.39, 0.29) is 18.5 Å². The molecular weight excluding hydrogens is 220 g/mol. The SMILES string of the molecule is CN1C(=O)N(C2CCCCC2)CC1CC(=O)O. The van der Waals surface area contributed by atoms with Gasteiger partial charge < -0.3 is 14.9 Å². The first-order valence-corrected chi connectivity index (χ1v) is 6.35. The van der Waals surface area contributed by atoms with Gasteiger partial charge in [-0.05, 0) is 12.8 Å². The summed E-state index contributed by atoms with van der Waals surface area (Å²) in [6.45, 7) is 0.576. The fourth-order valence-electron chi connectivity index (χ4n) is 2.89. The van der Waals surface area contributed by atoms with Crippen LogP contribution >= 0.6 is 0 Å². The van der Waals surface area contributed by atoms with Gasteiger partial charge in [-0.3, -0.25) is 4.79 Å². The molecule has 2 rings (SSSR count). The average Bonchev–Trinajstić information content (AvgIpc) is 2.58. The van der Waals surface area contributed by atoms with Crippen LogP contribution in [0.5, 0.6) is 0 Å². The molecule has 5 heteroatoms. The van der Waals surface area contributed by atoms with Gasteiger partial charge in [-0.25, -0.2) is 4.79 Å². The Hall–Kier alpha value is -1.26. The molecule has 1 aliphatic heterocycles. The van der Waals surface area contributed by atoms with Crippen LogP contribution in [0.4, 0.5) is 4.79 Å². The van der Waals surface area contributed by atoms with Crippen LogP contribution in [0.15, 0.2) is 0 Å². The summed E-state index contributed by atoms with van der Waals surface area (Å²) in [6.07, 6.45) is 5.81. The third-order valence-corrected chi connectivity index (χ3v) is 3.93. The zero-order valence-electron chi connectivity index (χ0n) is 10.3. The minimum Gasteiger partial charge on any atom is -0.481 e. The molecule has 1 N–H and O–H groups in total. The van der Waals surface area contributed by atoms with Gasteiger partial charge in [-0.2, -0.15) is 0 Å². The third-order valence-electron chi connectivity index (χ3n) is 3.93. The van der Waals surface area contributed by atoms with Crippen LogP contribution in [0, 0.1) is 0 Å². The van der Waals surface area contributed by atoms with E-state index in [1.54, 1.807) is 11.9 Å².